The molecule has 2 aromatic rings. The Balaban J connectivity index is 2.21. The van der Waals surface area contributed by atoms with Gasteiger partial charge in [-0.25, -0.2) is 8.42 Å². The SMILES string of the molecule is C=CCN(c1ccc(C(=O)Nc2ccccc2C)cc1)S(C)(=O)=O. The zero-order valence-electron chi connectivity index (χ0n) is 13.7. The van der Waals surface area contributed by atoms with Crippen molar-refractivity contribution in [3.8, 4) is 0 Å². The van der Waals surface area contributed by atoms with Crippen LogP contribution in [0, 0.1) is 6.92 Å². The number of para-hydroxylation sites is 1. The van der Waals surface area contributed by atoms with Gasteiger partial charge in [-0.15, -0.1) is 6.58 Å². The van der Waals surface area contributed by atoms with Crippen LogP contribution in [0.25, 0.3) is 0 Å². The maximum Gasteiger partial charge on any atom is 0.255 e. The molecule has 0 aliphatic heterocycles. The molecule has 1 N–H and O–H groups in total. The summed E-state index contributed by atoms with van der Waals surface area (Å²) in [4.78, 5) is 12.3. The zero-order chi connectivity index (χ0) is 17.7. The Hall–Kier alpha value is -2.60. The van der Waals surface area contributed by atoms with E-state index in [1.54, 1.807) is 24.3 Å². The highest BCUT2D eigenvalue weighted by Crippen LogP contribution is 2.20. The standard InChI is InChI=1S/C18H20N2O3S/c1-4-13-20(24(3,22)23)16-11-9-15(10-12-16)18(21)19-17-8-6-5-7-14(17)2/h4-12H,1,13H2,2-3H3,(H,19,21). The summed E-state index contributed by atoms with van der Waals surface area (Å²) in [7, 11) is -3.41. The lowest BCUT2D eigenvalue weighted by Gasteiger charge is -2.20. The molecule has 0 aliphatic carbocycles. The number of nitrogens with one attached hydrogen (secondary N) is 1. The van der Waals surface area contributed by atoms with Gasteiger partial charge < -0.3 is 5.32 Å². The Morgan fingerprint density at radius 2 is 1.79 bits per heavy atom. The predicted octanol–water partition coefficient (Wildman–Crippen LogP) is 3.20. The van der Waals surface area contributed by atoms with E-state index in [1.807, 2.05) is 31.2 Å². The molecular formula is C18H20N2O3S. The van der Waals surface area contributed by atoms with Gasteiger partial charge >= 0.3 is 0 Å². The number of rotatable bonds is 6. The Labute approximate surface area is 142 Å². The summed E-state index contributed by atoms with van der Waals surface area (Å²) in [6.07, 6.45) is 2.65. The van der Waals surface area contributed by atoms with E-state index in [2.05, 4.69) is 11.9 Å². The Morgan fingerprint density at radius 1 is 1.17 bits per heavy atom. The van der Waals surface area contributed by atoms with Crippen LogP contribution in [-0.2, 0) is 10.0 Å². The smallest absolute Gasteiger partial charge is 0.255 e. The van der Waals surface area contributed by atoms with Gasteiger partial charge in [0.25, 0.3) is 5.91 Å². The number of amides is 1. The van der Waals surface area contributed by atoms with Crippen molar-refractivity contribution in [3.63, 3.8) is 0 Å². The first-order chi connectivity index (χ1) is 11.3. The van der Waals surface area contributed by atoms with E-state index in [4.69, 9.17) is 0 Å². The summed E-state index contributed by atoms with van der Waals surface area (Å²) >= 11 is 0. The van der Waals surface area contributed by atoms with Crippen LogP contribution in [0.2, 0.25) is 0 Å². The highest BCUT2D eigenvalue weighted by atomic mass is 32.2. The van der Waals surface area contributed by atoms with E-state index in [0.29, 0.717) is 11.3 Å². The van der Waals surface area contributed by atoms with Crippen LogP contribution in [0.3, 0.4) is 0 Å². The van der Waals surface area contributed by atoms with E-state index in [-0.39, 0.29) is 12.5 Å². The van der Waals surface area contributed by atoms with Gasteiger partial charge in [-0.1, -0.05) is 24.3 Å². The van der Waals surface area contributed by atoms with Crippen molar-refractivity contribution < 1.29 is 13.2 Å². The first kappa shape index (κ1) is 17.7. The third-order valence-corrected chi connectivity index (χ3v) is 4.67. The number of hydrogen-bond acceptors (Lipinski definition) is 3. The van der Waals surface area contributed by atoms with Crippen molar-refractivity contribution in [1.29, 1.82) is 0 Å². The summed E-state index contributed by atoms with van der Waals surface area (Å²) < 4.78 is 24.9. The summed E-state index contributed by atoms with van der Waals surface area (Å²) in [6.45, 7) is 5.66. The van der Waals surface area contributed by atoms with Crippen LogP contribution in [0.5, 0.6) is 0 Å². The quantitative estimate of drug-likeness (QED) is 0.818. The van der Waals surface area contributed by atoms with Crippen molar-refractivity contribution in [3.05, 3.63) is 72.3 Å². The molecule has 0 fully saturated rings. The van der Waals surface area contributed by atoms with Gasteiger partial charge in [0.15, 0.2) is 0 Å². The monoisotopic (exact) mass is 344 g/mol. The lowest BCUT2D eigenvalue weighted by Crippen LogP contribution is -2.29. The van der Waals surface area contributed by atoms with Gasteiger partial charge in [0.2, 0.25) is 10.0 Å². The first-order valence-corrected chi connectivity index (χ1v) is 9.23. The number of benzene rings is 2. The van der Waals surface area contributed by atoms with Crippen LogP contribution < -0.4 is 9.62 Å². The molecule has 0 bridgehead atoms. The fourth-order valence-electron chi connectivity index (χ4n) is 2.24. The number of carbonyl (C=O) groups is 1. The lowest BCUT2D eigenvalue weighted by molar-refractivity contribution is 0.102. The molecule has 2 aromatic carbocycles. The third-order valence-electron chi connectivity index (χ3n) is 3.51. The molecule has 0 spiro atoms. The van der Waals surface area contributed by atoms with Crippen molar-refractivity contribution >= 4 is 27.3 Å². The molecular weight excluding hydrogens is 324 g/mol. The molecule has 6 heteroatoms. The van der Waals surface area contributed by atoms with Gasteiger partial charge in [0.05, 0.1) is 18.5 Å². The second-order valence-electron chi connectivity index (χ2n) is 5.40. The van der Waals surface area contributed by atoms with Crippen molar-refractivity contribution in [1.82, 2.24) is 0 Å². The highest BCUT2D eigenvalue weighted by molar-refractivity contribution is 7.92. The summed E-state index contributed by atoms with van der Waals surface area (Å²) in [5.74, 6) is -0.245. The van der Waals surface area contributed by atoms with Crippen molar-refractivity contribution in [2.75, 3.05) is 22.4 Å². The third kappa shape index (κ3) is 4.23. The summed E-state index contributed by atoms with van der Waals surface area (Å²) in [5, 5.41) is 2.84. The van der Waals surface area contributed by atoms with E-state index in [0.717, 1.165) is 17.5 Å². The van der Waals surface area contributed by atoms with Gasteiger partial charge in [-0.3, -0.25) is 9.10 Å². The van der Waals surface area contributed by atoms with Gasteiger partial charge in [-0.2, -0.15) is 0 Å². The van der Waals surface area contributed by atoms with Crippen molar-refractivity contribution in [2.24, 2.45) is 0 Å². The Kier molecular flexibility index (Phi) is 5.41. The maximum absolute atomic E-state index is 12.3. The Morgan fingerprint density at radius 3 is 2.33 bits per heavy atom. The largest absolute Gasteiger partial charge is 0.322 e. The molecule has 0 saturated heterocycles. The zero-order valence-corrected chi connectivity index (χ0v) is 14.5. The molecule has 0 atom stereocenters. The van der Waals surface area contributed by atoms with E-state index >= 15 is 0 Å². The number of nitrogens with zero attached hydrogens (tertiary/aromatic N) is 1. The van der Waals surface area contributed by atoms with Crippen LogP contribution >= 0.6 is 0 Å². The Bertz CT molecular complexity index is 843. The van der Waals surface area contributed by atoms with Crippen LogP contribution in [0.15, 0.2) is 61.2 Å². The number of anilines is 2. The molecule has 0 heterocycles. The van der Waals surface area contributed by atoms with Gasteiger partial charge in [0, 0.05) is 11.3 Å². The van der Waals surface area contributed by atoms with Gasteiger partial charge in [-0.05, 0) is 42.8 Å². The van der Waals surface area contributed by atoms with Gasteiger partial charge in [0.1, 0.15) is 0 Å². The van der Waals surface area contributed by atoms with Crippen LogP contribution in [-0.4, -0.2) is 27.1 Å². The van der Waals surface area contributed by atoms with Crippen molar-refractivity contribution in [2.45, 2.75) is 6.92 Å². The minimum Gasteiger partial charge on any atom is -0.322 e. The number of carbonyl (C=O) groups excluding carboxylic acids is 1. The molecule has 0 unspecified atom stereocenters. The lowest BCUT2D eigenvalue weighted by atomic mass is 10.1. The minimum atomic E-state index is -3.41. The highest BCUT2D eigenvalue weighted by Gasteiger charge is 2.16. The van der Waals surface area contributed by atoms with Crippen LogP contribution in [0.4, 0.5) is 11.4 Å². The molecule has 2 rings (SSSR count). The second-order valence-corrected chi connectivity index (χ2v) is 7.31. The molecule has 1 amide bonds. The fraction of sp³-hybridized carbons (Fsp3) is 0.167. The molecule has 0 radical (unpaired) electrons. The van der Waals surface area contributed by atoms with E-state index in [9.17, 15) is 13.2 Å². The van der Waals surface area contributed by atoms with E-state index < -0.39 is 10.0 Å². The molecule has 0 saturated carbocycles. The van der Waals surface area contributed by atoms with Crippen LogP contribution in [0.1, 0.15) is 15.9 Å². The second kappa shape index (κ2) is 7.31. The predicted molar refractivity (Wildman–Crippen MR) is 98.0 cm³/mol. The molecule has 126 valence electrons. The minimum absolute atomic E-state index is 0.174. The molecule has 0 aliphatic rings. The normalized spacial score (nSPS) is 10.9. The summed E-state index contributed by atoms with van der Waals surface area (Å²) in [5.41, 5.74) is 2.66. The number of sulfonamides is 1. The number of hydrogen-bond donors (Lipinski definition) is 1. The molecule has 0 aromatic heterocycles. The molecule has 5 nitrogen and oxygen atoms in total. The average molecular weight is 344 g/mol. The summed E-state index contributed by atoms with van der Waals surface area (Å²) in [6, 6.07) is 13.9. The maximum atomic E-state index is 12.3. The number of aryl methyl sites for hydroxylation is 1. The fourth-order valence-corrected chi connectivity index (χ4v) is 3.12. The molecule has 24 heavy (non-hydrogen) atoms. The van der Waals surface area contributed by atoms with E-state index in [1.165, 1.54) is 10.4 Å². The average Bonchev–Trinajstić information content (AvgIpc) is 2.54. The first-order valence-electron chi connectivity index (χ1n) is 7.38. The topological polar surface area (TPSA) is 66.5 Å².